The number of allylic oxidation sites excluding steroid dienone is 3. The summed E-state index contributed by atoms with van der Waals surface area (Å²) in [7, 11) is 4.04. The van der Waals surface area contributed by atoms with Crippen molar-refractivity contribution in [3.8, 4) is 0 Å². The average Bonchev–Trinajstić information content (AvgIpc) is 3.18. The van der Waals surface area contributed by atoms with Gasteiger partial charge in [0.25, 0.3) is 0 Å². The molecule has 3 aromatic rings. The molecule has 1 N–H and O–H groups in total. The zero-order valence-corrected chi connectivity index (χ0v) is 21.4. The highest BCUT2D eigenvalue weighted by Gasteiger charge is 2.41. The molecule has 1 aliphatic carbocycles. The molecule has 4 rings (SSSR count). The summed E-state index contributed by atoms with van der Waals surface area (Å²) < 4.78 is 4.16. The van der Waals surface area contributed by atoms with Gasteiger partial charge in [-0.25, -0.2) is 9.97 Å². The van der Waals surface area contributed by atoms with Gasteiger partial charge in [0.15, 0.2) is 11.5 Å². The van der Waals surface area contributed by atoms with Crippen molar-refractivity contribution in [3.05, 3.63) is 49.0 Å². The van der Waals surface area contributed by atoms with Crippen molar-refractivity contribution in [2.24, 2.45) is 18.4 Å². The molecule has 3 aromatic heterocycles. The molecule has 1 atom stereocenters. The van der Waals surface area contributed by atoms with Crippen LogP contribution in [-0.4, -0.2) is 42.7 Å². The van der Waals surface area contributed by atoms with Crippen LogP contribution < -0.4 is 10.2 Å². The van der Waals surface area contributed by atoms with Crippen LogP contribution in [0.15, 0.2) is 49.0 Å². The Labute approximate surface area is 204 Å². The second-order valence-electron chi connectivity index (χ2n) is 10.2. The van der Waals surface area contributed by atoms with Crippen LogP contribution in [0.5, 0.6) is 0 Å². The topological polar surface area (TPSA) is 76.7 Å². The van der Waals surface area contributed by atoms with Crippen molar-refractivity contribution >= 4 is 22.9 Å². The van der Waals surface area contributed by atoms with Crippen LogP contribution in [0.1, 0.15) is 60.8 Å². The van der Waals surface area contributed by atoms with Crippen LogP contribution in [0.4, 0.5) is 11.8 Å². The van der Waals surface area contributed by atoms with E-state index in [4.69, 9.17) is 9.97 Å². The van der Waals surface area contributed by atoms with Gasteiger partial charge >= 0.3 is 0 Å². The molecule has 3 heterocycles. The minimum Gasteiger partial charge on any atom is -0.344 e. The first-order chi connectivity index (χ1) is 16.2. The molecule has 1 saturated carbocycles. The van der Waals surface area contributed by atoms with E-state index in [1.165, 1.54) is 5.70 Å². The van der Waals surface area contributed by atoms with Crippen molar-refractivity contribution in [2.75, 3.05) is 23.8 Å². The maximum absolute atomic E-state index is 4.99. The second-order valence-corrected chi connectivity index (χ2v) is 10.2. The van der Waals surface area contributed by atoms with E-state index >= 15 is 0 Å². The van der Waals surface area contributed by atoms with Gasteiger partial charge in [0, 0.05) is 51.6 Å². The molecule has 8 nitrogen and oxygen atoms in total. The van der Waals surface area contributed by atoms with Gasteiger partial charge in [0.1, 0.15) is 5.52 Å². The highest BCUT2D eigenvalue weighted by molar-refractivity contribution is 5.85. The Morgan fingerprint density at radius 1 is 1.32 bits per heavy atom. The van der Waals surface area contributed by atoms with Gasteiger partial charge in [-0.15, -0.1) is 0 Å². The summed E-state index contributed by atoms with van der Waals surface area (Å²) in [6.07, 6.45) is 14.1. The van der Waals surface area contributed by atoms with E-state index in [0.29, 0.717) is 23.6 Å². The van der Waals surface area contributed by atoms with Crippen molar-refractivity contribution in [3.63, 3.8) is 0 Å². The zero-order chi connectivity index (χ0) is 24.5. The van der Waals surface area contributed by atoms with Gasteiger partial charge in [0.2, 0.25) is 5.95 Å². The first-order valence-electron chi connectivity index (χ1n) is 12.3. The van der Waals surface area contributed by atoms with Crippen LogP contribution in [0, 0.1) is 11.3 Å². The number of imidazole rings is 2. The van der Waals surface area contributed by atoms with E-state index in [0.717, 1.165) is 49.1 Å². The number of fused-ring (bicyclic) bond motifs is 1. The highest BCUT2D eigenvalue weighted by atomic mass is 15.3. The quantitative estimate of drug-likeness (QED) is 0.373. The molecule has 1 aliphatic rings. The summed E-state index contributed by atoms with van der Waals surface area (Å²) >= 11 is 0. The molecule has 0 aromatic carbocycles. The number of nitrogens with one attached hydrogen (secondary N) is 1. The number of hydrogen-bond donors (Lipinski definition) is 1. The van der Waals surface area contributed by atoms with Crippen molar-refractivity contribution in [1.29, 1.82) is 0 Å². The summed E-state index contributed by atoms with van der Waals surface area (Å²) in [5.41, 5.74) is 4.04. The van der Waals surface area contributed by atoms with Crippen LogP contribution >= 0.6 is 0 Å². The third-order valence-corrected chi connectivity index (χ3v) is 7.09. The molecule has 184 valence electrons. The van der Waals surface area contributed by atoms with Gasteiger partial charge in [-0.1, -0.05) is 39.8 Å². The maximum atomic E-state index is 4.99. The molecule has 8 heteroatoms. The number of nitrogens with zero attached hydrogens (tertiary/aromatic N) is 7. The lowest BCUT2D eigenvalue weighted by atomic mass is 9.98. The van der Waals surface area contributed by atoms with E-state index in [-0.39, 0.29) is 6.84 Å². The Bertz CT molecular complexity index is 1170. The van der Waals surface area contributed by atoms with E-state index < -0.39 is 0 Å². The van der Waals surface area contributed by atoms with Gasteiger partial charge in [-0.2, -0.15) is 9.97 Å². The fraction of sp³-hybridized carbons (Fsp3) is 0.538. The summed E-state index contributed by atoms with van der Waals surface area (Å²) in [5.74, 6) is 1.87. The average molecular weight is 465 g/mol. The van der Waals surface area contributed by atoms with Crippen molar-refractivity contribution in [1.82, 2.24) is 29.1 Å². The lowest BCUT2D eigenvalue weighted by Gasteiger charge is -2.23. The molecular weight excluding hydrogens is 424 g/mol. The molecule has 0 aliphatic heterocycles. The Hall–Kier alpha value is -3.16. The second kappa shape index (κ2) is 9.60. The number of hydrogen-bond acceptors (Lipinski definition) is 6. The van der Waals surface area contributed by atoms with E-state index in [1.54, 1.807) is 6.33 Å². The first-order valence-corrected chi connectivity index (χ1v) is 12.3. The molecule has 34 heavy (non-hydrogen) atoms. The molecule has 1 unspecified atom stereocenters. The SMILES string of the molecule is C=C(/C=C(/Nc1nc(N(C)CCC(CC)n2ccnc2)nc2ncn(C)c12)C1(C)CC1)C(C)C.[HH]. The van der Waals surface area contributed by atoms with E-state index in [2.05, 4.69) is 65.1 Å². The summed E-state index contributed by atoms with van der Waals surface area (Å²) in [6.45, 7) is 14.0. The smallest absolute Gasteiger partial charge is 0.229 e. The van der Waals surface area contributed by atoms with Crippen LogP contribution in [0.2, 0.25) is 0 Å². The fourth-order valence-corrected chi connectivity index (χ4v) is 4.09. The van der Waals surface area contributed by atoms with Gasteiger partial charge < -0.3 is 19.4 Å². The summed E-state index contributed by atoms with van der Waals surface area (Å²) in [4.78, 5) is 20.6. The van der Waals surface area contributed by atoms with Crippen LogP contribution in [0.3, 0.4) is 0 Å². The minimum atomic E-state index is 0. The number of aromatic nitrogens is 6. The lowest BCUT2D eigenvalue weighted by molar-refractivity contribution is 0.453. The fourth-order valence-electron chi connectivity index (χ4n) is 4.09. The highest BCUT2D eigenvalue weighted by Crippen LogP contribution is 2.51. The molecule has 0 saturated heterocycles. The van der Waals surface area contributed by atoms with Gasteiger partial charge in [0.05, 0.1) is 12.7 Å². The van der Waals surface area contributed by atoms with Gasteiger partial charge in [-0.05, 0) is 37.7 Å². The van der Waals surface area contributed by atoms with Crippen LogP contribution in [-0.2, 0) is 7.05 Å². The Morgan fingerprint density at radius 3 is 2.71 bits per heavy atom. The third kappa shape index (κ3) is 5.00. The number of rotatable bonds is 11. The molecule has 0 bridgehead atoms. The molecule has 0 spiro atoms. The molecular formula is C26H40N8. The Morgan fingerprint density at radius 2 is 2.09 bits per heavy atom. The lowest BCUT2D eigenvalue weighted by Crippen LogP contribution is -2.24. The van der Waals surface area contributed by atoms with Crippen molar-refractivity contribution < 1.29 is 1.43 Å². The van der Waals surface area contributed by atoms with E-state index in [1.807, 2.05) is 37.4 Å². The number of anilines is 2. The molecule has 0 radical (unpaired) electrons. The minimum absolute atomic E-state index is 0. The Kier molecular flexibility index (Phi) is 6.77. The standard InChI is InChI=1S/C26H38N8.H2/c1-8-20(34-14-12-27-16-34)9-13-32(6)25-30-23-22(33(7)17-28-23)24(31-25)29-21(26(5)10-11-26)15-19(4)18(2)3;/h12,14-18,20H,4,8-11,13H2,1-3,5-7H3,(H,29,30,31);1H/b21-15+;. The van der Waals surface area contributed by atoms with Gasteiger partial charge in [-0.3, -0.25) is 0 Å². The van der Waals surface area contributed by atoms with Crippen molar-refractivity contribution in [2.45, 2.75) is 59.4 Å². The largest absolute Gasteiger partial charge is 0.344 e. The summed E-state index contributed by atoms with van der Waals surface area (Å²) in [6, 6.07) is 0.396. The number of aryl methyl sites for hydroxylation is 1. The van der Waals surface area contributed by atoms with Crippen LogP contribution in [0.25, 0.3) is 11.2 Å². The predicted molar refractivity (Wildman–Crippen MR) is 141 cm³/mol. The zero-order valence-electron chi connectivity index (χ0n) is 21.4. The maximum Gasteiger partial charge on any atom is 0.229 e. The summed E-state index contributed by atoms with van der Waals surface area (Å²) in [5, 5.41) is 3.68. The third-order valence-electron chi connectivity index (χ3n) is 7.09. The monoisotopic (exact) mass is 464 g/mol. The normalized spacial score (nSPS) is 16.1. The first kappa shape index (κ1) is 24.0. The van der Waals surface area contributed by atoms with E-state index in [9.17, 15) is 0 Å². The molecule has 0 amide bonds. The Balaban J connectivity index is 0.00000342. The predicted octanol–water partition coefficient (Wildman–Crippen LogP) is 5.59. The molecule has 1 fully saturated rings.